The van der Waals surface area contributed by atoms with Gasteiger partial charge < -0.3 is 19.7 Å². The summed E-state index contributed by atoms with van der Waals surface area (Å²) in [5.41, 5.74) is 1.01. The molecule has 2 amide bonds. The van der Waals surface area contributed by atoms with Crippen molar-refractivity contribution >= 4 is 17.8 Å². The molecule has 0 saturated carbocycles. The van der Waals surface area contributed by atoms with Gasteiger partial charge in [0.25, 0.3) is 11.8 Å². The van der Waals surface area contributed by atoms with E-state index in [0.717, 1.165) is 12.8 Å². The van der Waals surface area contributed by atoms with Crippen LogP contribution in [0.5, 0.6) is 5.75 Å². The van der Waals surface area contributed by atoms with Crippen LogP contribution in [-0.4, -0.2) is 48.9 Å². The molecule has 158 valence electrons. The number of hydrogen-bond acceptors (Lipinski definition) is 5. The summed E-state index contributed by atoms with van der Waals surface area (Å²) in [6, 6.07) is 15.6. The fraction of sp³-hybridized carbons (Fsp3) is 0.348. The van der Waals surface area contributed by atoms with Gasteiger partial charge in [-0.15, -0.1) is 0 Å². The highest BCUT2D eigenvalue weighted by Crippen LogP contribution is 2.23. The molecule has 1 saturated heterocycles. The third-order valence-corrected chi connectivity index (χ3v) is 4.81. The lowest BCUT2D eigenvalue weighted by atomic mass is 10.1. The van der Waals surface area contributed by atoms with Gasteiger partial charge in [0.15, 0.2) is 0 Å². The number of amides is 2. The van der Waals surface area contributed by atoms with Gasteiger partial charge in [0.05, 0.1) is 6.61 Å². The average molecular weight is 410 g/mol. The lowest BCUT2D eigenvalue weighted by molar-refractivity contribution is -0.159. The fourth-order valence-corrected chi connectivity index (χ4v) is 3.29. The van der Waals surface area contributed by atoms with E-state index < -0.39 is 18.0 Å². The van der Waals surface area contributed by atoms with Crippen LogP contribution in [0.2, 0.25) is 0 Å². The smallest absolute Gasteiger partial charge is 0.326 e. The van der Waals surface area contributed by atoms with Crippen molar-refractivity contribution in [2.45, 2.75) is 25.9 Å². The molecule has 1 heterocycles. The Morgan fingerprint density at radius 2 is 1.67 bits per heavy atom. The molecular weight excluding hydrogens is 384 g/mol. The summed E-state index contributed by atoms with van der Waals surface area (Å²) < 4.78 is 10.8. The van der Waals surface area contributed by atoms with Crippen molar-refractivity contribution in [1.82, 2.24) is 10.2 Å². The van der Waals surface area contributed by atoms with Crippen LogP contribution in [0.15, 0.2) is 54.6 Å². The summed E-state index contributed by atoms with van der Waals surface area (Å²) in [7, 11) is 0. The molecular formula is C23H26N2O5. The number of esters is 1. The minimum Gasteiger partial charge on any atom is -0.494 e. The standard InChI is InChI=1S/C23H26N2O5/c1-2-29-19-12-10-18(11-13-19)22(27)24-16-20(26)30-21(17-8-4-3-5-9-17)23(28)25-14-6-7-15-25/h3-5,8-13,21H,2,6-7,14-16H2,1H3,(H,24,27)/t21-/m0/s1. The first-order valence-electron chi connectivity index (χ1n) is 10.1. The largest absolute Gasteiger partial charge is 0.494 e. The summed E-state index contributed by atoms with van der Waals surface area (Å²) in [6.45, 7) is 3.41. The molecule has 7 heteroatoms. The number of carbonyl (C=O) groups is 3. The second-order valence-electron chi connectivity index (χ2n) is 6.95. The second kappa shape index (κ2) is 10.4. The fourth-order valence-electron chi connectivity index (χ4n) is 3.29. The Hall–Kier alpha value is -3.35. The number of likely N-dealkylation sites (tertiary alicyclic amines) is 1. The van der Waals surface area contributed by atoms with Crippen molar-refractivity contribution in [3.63, 3.8) is 0 Å². The van der Waals surface area contributed by atoms with Gasteiger partial charge >= 0.3 is 5.97 Å². The molecule has 30 heavy (non-hydrogen) atoms. The second-order valence-corrected chi connectivity index (χ2v) is 6.95. The average Bonchev–Trinajstić information content (AvgIpc) is 3.32. The van der Waals surface area contributed by atoms with Crippen molar-refractivity contribution in [1.29, 1.82) is 0 Å². The number of rotatable bonds is 8. The lowest BCUT2D eigenvalue weighted by Gasteiger charge is -2.23. The molecule has 0 bridgehead atoms. The molecule has 2 aromatic rings. The third kappa shape index (κ3) is 5.59. The van der Waals surface area contributed by atoms with Crippen LogP contribution in [0, 0.1) is 0 Å². The maximum atomic E-state index is 12.9. The zero-order valence-corrected chi connectivity index (χ0v) is 17.0. The Kier molecular flexibility index (Phi) is 7.43. The van der Waals surface area contributed by atoms with Crippen LogP contribution < -0.4 is 10.1 Å². The molecule has 0 aliphatic carbocycles. The number of nitrogens with one attached hydrogen (secondary N) is 1. The van der Waals surface area contributed by atoms with E-state index in [-0.39, 0.29) is 12.5 Å². The first-order valence-corrected chi connectivity index (χ1v) is 10.1. The monoisotopic (exact) mass is 410 g/mol. The van der Waals surface area contributed by atoms with E-state index in [1.807, 2.05) is 13.0 Å². The summed E-state index contributed by atoms with van der Waals surface area (Å²) in [6.07, 6.45) is 0.873. The summed E-state index contributed by atoms with van der Waals surface area (Å²) in [5.74, 6) is -0.641. The molecule has 3 rings (SSSR count). The normalized spacial score (nSPS) is 14.1. The van der Waals surface area contributed by atoms with Crippen LogP contribution in [-0.2, 0) is 14.3 Å². The Labute approximate surface area is 176 Å². The van der Waals surface area contributed by atoms with E-state index in [0.29, 0.717) is 36.6 Å². The van der Waals surface area contributed by atoms with E-state index in [2.05, 4.69) is 5.32 Å². The number of carbonyl (C=O) groups excluding carboxylic acids is 3. The molecule has 1 fully saturated rings. The van der Waals surface area contributed by atoms with Crippen LogP contribution in [0.25, 0.3) is 0 Å². The zero-order valence-electron chi connectivity index (χ0n) is 17.0. The van der Waals surface area contributed by atoms with Crippen LogP contribution >= 0.6 is 0 Å². The highest BCUT2D eigenvalue weighted by Gasteiger charge is 2.30. The Balaban J connectivity index is 1.60. The highest BCUT2D eigenvalue weighted by molar-refractivity contribution is 5.96. The summed E-state index contributed by atoms with van der Waals surface area (Å²) >= 11 is 0. The molecule has 0 radical (unpaired) electrons. The van der Waals surface area contributed by atoms with Gasteiger partial charge in [-0.05, 0) is 44.0 Å². The minimum atomic E-state index is -1.01. The van der Waals surface area contributed by atoms with Crippen molar-refractivity contribution in [3.8, 4) is 5.75 Å². The summed E-state index contributed by atoms with van der Waals surface area (Å²) in [5, 5.41) is 2.54. The molecule has 0 aromatic heterocycles. The van der Waals surface area contributed by atoms with E-state index >= 15 is 0 Å². The number of hydrogen-bond donors (Lipinski definition) is 1. The first kappa shape index (κ1) is 21.4. The van der Waals surface area contributed by atoms with Crippen molar-refractivity contribution in [2.24, 2.45) is 0 Å². The molecule has 2 aromatic carbocycles. The first-order chi connectivity index (χ1) is 14.6. The van der Waals surface area contributed by atoms with E-state index in [1.54, 1.807) is 53.4 Å². The quantitative estimate of drug-likeness (QED) is 0.677. The van der Waals surface area contributed by atoms with Gasteiger partial charge in [0.1, 0.15) is 12.3 Å². The molecule has 7 nitrogen and oxygen atoms in total. The summed E-state index contributed by atoms with van der Waals surface area (Å²) in [4.78, 5) is 39.3. The topological polar surface area (TPSA) is 84.9 Å². The predicted molar refractivity (Wildman–Crippen MR) is 111 cm³/mol. The zero-order chi connectivity index (χ0) is 21.3. The predicted octanol–water partition coefficient (Wildman–Crippen LogP) is 2.72. The molecule has 0 spiro atoms. The lowest BCUT2D eigenvalue weighted by Crippen LogP contribution is -2.37. The van der Waals surface area contributed by atoms with Gasteiger partial charge in [0, 0.05) is 24.2 Å². The van der Waals surface area contributed by atoms with Crippen LogP contribution in [0.1, 0.15) is 41.8 Å². The van der Waals surface area contributed by atoms with Gasteiger partial charge in [-0.3, -0.25) is 14.4 Å². The van der Waals surface area contributed by atoms with Crippen molar-refractivity contribution in [2.75, 3.05) is 26.2 Å². The van der Waals surface area contributed by atoms with Gasteiger partial charge in [0.2, 0.25) is 6.10 Å². The van der Waals surface area contributed by atoms with E-state index in [4.69, 9.17) is 9.47 Å². The van der Waals surface area contributed by atoms with E-state index in [9.17, 15) is 14.4 Å². The number of nitrogens with zero attached hydrogens (tertiary/aromatic N) is 1. The van der Waals surface area contributed by atoms with Gasteiger partial charge in [-0.1, -0.05) is 30.3 Å². The third-order valence-electron chi connectivity index (χ3n) is 4.81. The molecule has 1 N–H and O–H groups in total. The molecule has 1 aliphatic rings. The van der Waals surface area contributed by atoms with Crippen molar-refractivity contribution in [3.05, 3.63) is 65.7 Å². The molecule has 1 atom stereocenters. The Morgan fingerprint density at radius 1 is 1.00 bits per heavy atom. The highest BCUT2D eigenvalue weighted by atomic mass is 16.5. The maximum absolute atomic E-state index is 12.9. The number of ether oxygens (including phenoxy) is 2. The van der Waals surface area contributed by atoms with Gasteiger partial charge in [-0.25, -0.2) is 0 Å². The van der Waals surface area contributed by atoms with Gasteiger partial charge in [-0.2, -0.15) is 0 Å². The van der Waals surface area contributed by atoms with Crippen LogP contribution in [0.3, 0.4) is 0 Å². The van der Waals surface area contributed by atoms with Crippen molar-refractivity contribution < 1.29 is 23.9 Å². The SMILES string of the molecule is CCOc1ccc(C(=O)NCC(=O)O[C@H](C(=O)N2CCCC2)c2ccccc2)cc1. The minimum absolute atomic E-state index is 0.232. The maximum Gasteiger partial charge on any atom is 0.326 e. The molecule has 0 unspecified atom stereocenters. The Morgan fingerprint density at radius 3 is 2.30 bits per heavy atom. The van der Waals surface area contributed by atoms with Crippen LogP contribution in [0.4, 0.5) is 0 Å². The number of benzene rings is 2. The Bertz CT molecular complexity index is 861. The molecule has 1 aliphatic heterocycles. The van der Waals surface area contributed by atoms with E-state index in [1.165, 1.54) is 0 Å².